The van der Waals surface area contributed by atoms with E-state index < -0.39 is 0 Å². The van der Waals surface area contributed by atoms with Crippen LogP contribution >= 0.6 is 11.8 Å². The van der Waals surface area contributed by atoms with E-state index in [4.69, 9.17) is 0 Å². The van der Waals surface area contributed by atoms with E-state index in [2.05, 4.69) is 27.0 Å². The van der Waals surface area contributed by atoms with E-state index in [1.54, 1.807) is 11.8 Å². The fraction of sp³-hybridized carbons (Fsp3) is 0.857. The minimum Gasteiger partial charge on any atom is -0.155 e. The van der Waals surface area contributed by atoms with Crippen LogP contribution in [0.4, 0.5) is 0 Å². The van der Waals surface area contributed by atoms with E-state index in [1.165, 1.54) is 12.8 Å². The van der Waals surface area contributed by atoms with E-state index in [0.717, 1.165) is 0 Å². The molecule has 0 nitrogen and oxygen atoms in total. The van der Waals surface area contributed by atoms with E-state index in [-0.39, 0.29) is 0 Å². The molecule has 0 saturated carbocycles. The van der Waals surface area contributed by atoms with Crippen molar-refractivity contribution in [2.75, 3.05) is 0 Å². The highest BCUT2D eigenvalue weighted by molar-refractivity contribution is 8.01. The SMILES string of the molecule is [CH2]SC(C)(C)CCC. The highest BCUT2D eigenvalue weighted by atomic mass is 32.2. The molecule has 0 unspecified atom stereocenters. The van der Waals surface area contributed by atoms with Gasteiger partial charge in [0.2, 0.25) is 0 Å². The van der Waals surface area contributed by atoms with Crippen LogP contribution in [0, 0.1) is 6.26 Å². The van der Waals surface area contributed by atoms with Gasteiger partial charge in [-0.25, -0.2) is 0 Å². The van der Waals surface area contributed by atoms with Crippen LogP contribution in [0.2, 0.25) is 0 Å². The first-order valence-electron chi connectivity index (χ1n) is 3.05. The highest BCUT2D eigenvalue weighted by Crippen LogP contribution is 2.27. The van der Waals surface area contributed by atoms with Crippen molar-refractivity contribution in [1.82, 2.24) is 0 Å². The van der Waals surface area contributed by atoms with E-state index in [0.29, 0.717) is 4.75 Å². The lowest BCUT2D eigenvalue weighted by atomic mass is 10.1. The maximum atomic E-state index is 3.79. The lowest BCUT2D eigenvalue weighted by molar-refractivity contribution is 0.629. The summed E-state index contributed by atoms with van der Waals surface area (Å²) in [5.41, 5.74) is 0. The quantitative estimate of drug-likeness (QED) is 0.567. The molecular weight excluding hydrogens is 116 g/mol. The molecule has 8 heavy (non-hydrogen) atoms. The van der Waals surface area contributed by atoms with Crippen molar-refractivity contribution < 1.29 is 0 Å². The zero-order chi connectivity index (χ0) is 6.62. The van der Waals surface area contributed by atoms with Crippen molar-refractivity contribution in [2.45, 2.75) is 38.4 Å². The van der Waals surface area contributed by atoms with Gasteiger partial charge in [0.05, 0.1) is 0 Å². The maximum absolute atomic E-state index is 3.79. The molecule has 0 heterocycles. The summed E-state index contributed by atoms with van der Waals surface area (Å²) >= 11 is 1.70. The van der Waals surface area contributed by atoms with E-state index in [1.807, 2.05) is 0 Å². The van der Waals surface area contributed by atoms with Gasteiger partial charge in [0, 0.05) is 11.0 Å². The second-order valence-corrected chi connectivity index (χ2v) is 4.05. The lowest BCUT2D eigenvalue weighted by Gasteiger charge is -2.19. The molecule has 0 amide bonds. The Balaban J connectivity index is 3.37. The molecule has 0 fully saturated rings. The molecule has 0 atom stereocenters. The number of rotatable bonds is 3. The third-order valence-electron chi connectivity index (χ3n) is 1.24. The zero-order valence-electron chi connectivity index (χ0n) is 6.03. The summed E-state index contributed by atoms with van der Waals surface area (Å²) in [6.07, 6.45) is 6.32. The van der Waals surface area contributed by atoms with Crippen LogP contribution in [0.15, 0.2) is 0 Å². The summed E-state index contributed by atoms with van der Waals surface area (Å²) in [6, 6.07) is 0. The first-order chi connectivity index (χ1) is 3.62. The van der Waals surface area contributed by atoms with Gasteiger partial charge in [0.1, 0.15) is 0 Å². The van der Waals surface area contributed by atoms with Crippen molar-refractivity contribution in [2.24, 2.45) is 0 Å². The molecule has 0 aliphatic heterocycles. The Labute approximate surface area is 57.1 Å². The summed E-state index contributed by atoms with van der Waals surface area (Å²) in [5.74, 6) is 0. The van der Waals surface area contributed by atoms with E-state index in [9.17, 15) is 0 Å². The van der Waals surface area contributed by atoms with Crippen molar-refractivity contribution >= 4 is 11.8 Å². The normalized spacial score (nSPS) is 12.0. The number of hydrogen-bond donors (Lipinski definition) is 0. The van der Waals surface area contributed by atoms with Gasteiger partial charge in [-0.3, -0.25) is 0 Å². The number of hydrogen-bond acceptors (Lipinski definition) is 1. The largest absolute Gasteiger partial charge is 0.155 e. The molecule has 0 aromatic rings. The summed E-state index contributed by atoms with van der Waals surface area (Å²) in [6.45, 7) is 6.67. The second-order valence-electron chi connectivity index (χ2n) is 2.65. The van der Waals surface area contributed by atoms with Gasteiger partial charge in [-0.1, -0.05) is 27.2 Å². The fourth-order valence-electron chi connectivity index (χ4n) is 0.674. The Hall–Kier alpha value is 0.350. The van der Waals surface area contributed by atoms with Gasteiger partial charge < -0.3 is 0 Å². The Kier molecular flexibility index (Phi) is 3.54. The molecule has 0 aliphatic carbocycles. The molecule has 0 aromatic carbocycles. The zero-order valence-corrected chi connectivity index (χ0v) is 6.85. The maximum Gasteiger partial charge on any atom is 0.0103 e. The Bertz CT molecular complexity index is 57.4. The molecule has 1 heteroatoms. The summed E-state index contributed by atoms with van der Waals surface area (Å²) in [5, 5.41) is 0. The van der Waals surface area contributed by atoms with Gasteiger partial charge >= 0.3 is 0 Å². The molecule has 0 bridgehead atoms. The topological polar surface area (TPSA) is 0 Å². The van der Waals surface area contributed by atoms with Gasteiger partial charge in [-0.2, -0.15) is 11.8 Å². The first kappa shape index (κ1) is 8.35. The van der Waals surface area contributed by atoms with Crippen LogP contribution in [0.1, 0.15) is 33.6 Å². The Morgan fingerprint density at radius 1 is 1.50 bits per heavy atom. The molecule has 0 N–H and O–H groups in total. The van der Waals surface area contributed by atoms with Gasteiger partial charge in [0.15, 0.2) is 0 Å². The van der Waals surface area contributed by atoms with Crippen LogP contribution < -0.4 is 0 Å². The van der Waals surface area contributed by atoms with Gasteiger partial charge in [-0.15, -0.1) is 0 Å². The fourth-order valence-corrected chi connectivity index (χ4v) is 1.02. The lowest BCUT2D eigenvalue weighted by Crippen LogP contribution is -2.11. The van der Waals surface area contributed by atoms with Crippen LogP contribution in [0.25, 0.3) is 0 Å². The third kappa shape index (κ3) is 3.36. The molecular formula is C7H15S. The minimum atomic E-state index is 0.398. The van der Waals surface area contributed by atoms with E-state index >= 15 is 0 Å². The van der Waals surface area contributed by atoms with Crippen molar-refractivity contribution in [1.29, 1.82) is 0 Å². The van der Waals surface area contributed by atoms with Crippen molar-refractivity contribution in [3.63, 3.8) is 0 Å². The average molecular weight is 131 g/mol. The Morgan fingerprint density at radius 2 is 2.00 bits per heavy atom. The molecule has 1 radical (unpaired) electrons. The summed E-state index contributed by atoms with van der Waals surface area (Å²) in [4.78, 5) is 0. The van der Waals surface area contributed by atoms with Crippen LogP contribution in [0.5, 0.6) is 0 Å². The molecule has 0 saturated heterocycles. The van der Waals surface area contributed by atoms with Crippen molar-refractivity contribution in [3.05, 3.63) is 6.26 Å². The second kappa shape index (κ2) is 3.39. The summed E-state index contributed by atoms with van der Waals surface area (Å²) in [7, 11) is 0. The first-order valence-corrected chi connectivity index (χ1v) is 4.04. The smallest absolute Gasteiger partial charge is 0.0103 e. The molecule has 0 aromatic heterocycles. The molecule has 0 rings (SSSR count). The average Bonchev–Trinajstić information content (AvgIpc) is 1.67. The number of thioether (sulfide) groups is 1. The van der Waals surface area contributed by atoms with Crippen LogP contribution in [-0.4, -0.2) is 4.75 Å². The van der Waals surface area contributed by atoms with Crippen molar-refractivity contribution in [3.8, 4) is 0 Å². The van der Waals surface area contributed by atoms with Gasteiger partial charge in [0.25, 0.3) is 0 Å². The van der Waals surface area contributed by atoms with Crippen LogP contribution in [-0.2, 0) is 0 Å². The van der Waals surface area contributed by atoms with Gasteiger partial charge in [-0.05, 0) is 6.42 Å². The minimum absolute atomic E-state index is 0.398. The predicted molar refractivity (Wildman–Crippen MR) is 41.9 cm³/mol. The Morgan fingerprint density at radius 3 is 2.12 bits per heavy atom. The standard InChI is InChI=1S/C7H15S/c1-5-6-7(2,3)8-4/h4-6H2,1-3H3. The highest BCUT2D eigenvalue weighted by Gasteiger charge is 2.12. The predicted octanol–water partition coefficient (Wildman–Crippen LogP) is 3.09. The molecule has 0 spiro atoms. The summed E-state index contributed by atoms with van der Waals surface area (Å²) < 4.78 is 0.398. The third-order valence-corrected chi connectivity index (χ3v) is 2.23. The van der Waals surface area contributed by atoms with Crippen LogP contribution in [0.3, 0.4) is 0 Å². The monoisotopic (exact) mass is 131 g/mol. The molecule has 0 aliphatic rings. The molecule has 49 valence electrons.